The molecule has 1 aromatic heterocycles. The van der Waals surface area contributed by atoms with Crippen molar-refractivity contribution < 1.29 is 5.11 Å². The molecule has 1 heterocycles. The molecule has 1 aliphatic rings. The van der Waals surface area contributed by atoms with Crippen molar-refractivity contribution in [1.82, 2.24) is 4.98 Å². The van der Waals surface area contributed by atoms with Crippen molar-refractivity contribution in [3.63, 3.8) is 0 Å². The molecular weight excluding hydrogens is 218 g/mol. The fraction of sp³-hybridized carbons (Fsp3) is 0.769. The van der Waals surface area contributed by atoms with Gasteiger partial charge in [-0.1, -0.05) is 13.8 Å². The third-order valence-corrected chi connectivity index (χ3v) is 4.74. The smallest absolute Gasteiger partial charge is 0.0897 e. The normalized spacial score (nSPS) is 35.2. The second kappa shape index (κ2) is 4.46. The first kappa shape index (κ1) is 12.1. The lowest BCUT2D eigenvalue weighted by Gasteiger charge is -2.38. The quantitative estimate of drug-likeness (QED) is 0.860. The van der Waals surface area contributed by atoms with E-state index in [4.69, 9.17) is 0 Å². The highest BCUT2D eigenvalue weighted by atomic mass is 32.1. The van der Waals surface area contributed by atoms with Gasteiger partial charge in [-0.2, -0.15) is 0 Å². The Morgan fingerprint density at radius 3 is 2.81 bits per heavy atom. The standard InChI is InChI=1S/C13H21NOS/c1-9-4-5-13(15,6-10(9)2)7-12-8-16-11(3)14-12/h8-10,15H,4-7H2,1-3H3. The highest BCUT2D eigenvalue weighted by Crippen LogP contribution is 2.38. The minimum absolute atomic E-state index is 0.508. The lowest BCUT2D eigenvalue weighted by Crippen LogP contribution is -2.39. The fourth-order valence-corrected chi connectivity index (χ4v) is 3.28. The van der Waals surface area contributed by atoms with Gasteiger partial charge in [-0.15, -0.1) is 11.3 Å². The van der Waals surface area contributed by atoms with Crippen LogP contribution in [0.25, 0.3) is 0 Å². The van der Waals surface area contributed by atoms with Crippen LogP contribution in [0.1, 0.15) is 43.8 Å². The van der Waals surface area contributed by atoms with Gasteiger partial charge in [0.1, 0.15) is 0 Å². The third-order valence-electron chi connectivity index (χ3n) is 3.92. The average Bonchev–Trinajstić information content (AvgIpc) is 2.58. The number of hydrogen-bond acceptors (Lipinski definition) is 3. The lowest BCUT2D eigenvalue weighted by atomic mass is 9.71. The van der Waals surface area contributed by atoms with Crippen LogP contribution in [0.15, 0.2) is 5.38 Å². The van der Waals surface area contributed by atoms with E-state index in [0.29, 0.717) is 5.92 Å². The molecule has 3 atom stereocenters. The number of aromatic nitrogens is 1. The molecule has 0 amide bonds. The van der Waals surface area contributed by atoms with Crippen molar-refractivity contribution >= 4 is 11.3 Å². The Bertz CT molecular complexity index is 363. The van der Waals surface area contributed by atoms with E-state index in [1.54, 1.807) is 11.3 Å². The van der Waals surface area contributed by atoms with Crippen LogP contribution in [0.4, 0.5) is 0 Å². The second-order valence-corrected chi connectivity index (χ2v) is 6.52. The first-order chi connectivity index (χ1) is 7.48. The number of aryl methyl sites for hydroxylation is 1. The molecule has 3 heteroatoms. The van der Waals surface area contributed by atoms with Crippen molar-refractivity contribution in [3.8, 4) is 0 Å². The topological polar surface area (TPSA) is 33.1 Å². The zero-order chi connectivity index (χ0) is 11.8. The van der Waals surface area contributed by atoms with Crippen LogP contribution in [0.5, 0.6) is 0 Å². The minimum Gasteiger partial charge on any atom is -0.389 e. The summed E-state index contributed by atoms with van der Waals surface area (Å²) in [5.41, 5.74) is 0.554. The van der Waals surface area contributed by atoms with Gasteiger partial charge in [-0.05, 0) is 38.0 Å². The van der Waals surface area contributed by atoms with Gasteiger partial charge in [-0.3, -0.25) is 0 Å². The molecule has 0 aliphatic heterocycles. The molecule has 1 aliphatic carbocycles. The summed E-state index contributed by atoms with van der Waals surface area (Å²) in [7, 11) is 0. The van der Waals surface area contributed by atoms with Gasteiger partial charge in [0.2, 0.25) is 0 Å². The maximum absolute atomic E-state index is 10.6. The first-order valence-electron chi connectivity index (χ1n) is 6.12. The maximum atomic E-state index is 10.6. The molecule has 16 heavy (non-hydrogen) atoms. The van der Waals surface area contributed by atoms with Crippen LogP contribution in [0.3, 0.4) is 0 Å². The first-order valence-corrected chi connectivity index (χ1v) is 7.00. The summed E-state index contributed by atoms with van der Waals surface area (Å²) in [6.45, 7) is 6.56. The van der Waals surface area contributed by atoms with Gasteiger partial charge in [0.15, 0.2) is 0 Å². The van der Waals surface area contributed by atoms with Crippen molar-refractivity contribution in [2.75, 3.05) is 0 Å². The summed E-state index contributed by atoms with van der Waals surface area (Å²) >= 11 is 1.67. The zero-order valence-electron chi connectivity index (χ0n) is 10.4. The maximum Gasteiger partial charge on any atom is 0.0897 e. The summed E-state index contributed by atoms with van der Waals surface area (Å²) in [4.78, 5) is 4.45. The van der Waals surface area contributed by atoms with Gasteiger partial charge >= 0.3 is 0 Å². The molecule has 0 aromatic carbocycles. The van der Waals surface area contributed by atoms with Crippen molar-refractivity contribution in [2.45, 2.75) is 52.1 Å². The number of thiazole rings is 1. The third kappa shape index (κ3) is 2.64. The zero-order valence-corrected chi connectivity index (χ0v) is 11.2. The summed E-state index contributed by atoms with van der Waals surface area (Å²) < 4.78 is 0. The van der Waals surface area contributed by atoms with E-state index in [0.717, 1.165) is 42.3 Å². The Labute approximate surface area is 102 Å². The van der Waals surface area contributed by atoms with Gasteiger partial charge in [0.05, 0.1) is 16.3 Å². The van der Waals surface area contributed by atoms with E-state index in [9.17, 15) is 5.11 Å². The lowest BCUT2D eigenvalue weighted by molar-refractivity contribution is -0.0285. The van der Waals surface area contributed by atoms with E-state index in [2.05, 4.69) is 24.2 Å². The average molecular weight is 239 g/mol. The summed E-state index contributed by atoms with van der Waals surface area (Å²) in [6, 6.07) is 0. The molecule has 1 N–H and O–H groups in total. The van der Waals surface area contributed by atoms with Crippen molar-refractivity contribution in [3.05, 3.63) is 16.1 Å². The molecular formula is C13H21NOS. The Balaban J connectivity index is 2.03. The van der Waals surface area contributed by atoms with Crippen LogP contribution in [0, 0.1) is 18.8 Å². The number of nitrogens with zero attached hydrogens (tertiary/aromatic N) is 1. The Morgan fingerprint density at radius 1 is 1.50 bits per heavy atom. The van der Waals surface area contributed by atoms with E-state index < -0.39 is 5.60 Å². The molecule has 0 saturated heterocycles. The van der Waals surface area contributed by atoms with E-state index in [1.807, 2.05) is 6.92 Å². The largest absolute Gasteiger partial charge is 0.389 e. The fourth-order valence-electron chi connectivity index (χ4n) is 2.67. The van der Waals surface area contributed by atoms with Crippen molar-refractivity contribution in [2.24, 2.45) is 11.8 Å². The second-order valence-electron chi connectivity index (χ2n) is 5.46. The molecule has 1 saturated carbocycles. The van der Waals surface area contributed by atoms with Crippen molar-refractivity contribution in [1.29, 1.82) is 0 Å². The molecule has 2 rings (SSSR count). The number of rotatable bonds is 2. The molecule has 3 unspecified atom stereocenters. The highest BCUT2D eigenvalue weighted by Gasteiger charge is 2.36. The van der Waals surface area contributed by atoms with Gasteiger partial charge < -0.3 is 5.11 Å². The Morgan fingerprint density at radius 2 is 2.25 bits per heavy atom. The van der Waals surface area contributed by atoms with Crippen LogP contribution >= 0.6 is 11.3 Å². The van der Waals surface area contributed by atoms with Gasteiger partial charge in [0, 0.05) is 11.8 Å². The Hall–Kier alpha value is -0.410. The summed E-state index contributed by atoms with van der Waals surface area (Å²) in [5.74, 6) is 1.37. The van der Waals surface area contributed by atoms with Crippen LogP contribution in [0.2, 0.25) is 0 Å². The van der Waals surface area contributed by atoms with Gasteiger partial charge in [0.25, 0.3) is 0 Å². The van der Waals surface area contributed by atoms with E-state index >= 15 is 0 Å². The summed E-state index contributed by atoms with van der Waals surface area (Å²) in [5, 5.41) is 13.8. The monoisotopic (exact) mass is 239 g/mol. The summed E-state index contributed by atoms with van der Waals surface area (Å²) in [6.07, 6.45) is 3.72. The SMILES string of the molecule is Cc1nc(CC2(O)CCC(C)C(C)C2)cs1. The van der Waals surface area contributed by atoms with Crippen LogP contribution < -0.4 is 0 Å². The molecule has 90 valence electrons. The molecule has 0 spiro atoms. The molecule has 0 bridgehead atoms. The number of hydrogen-bond donors (Lipinski definition) is 1. The van der Waals surface area contributed by atoms with Crippen LogP contribution in [-0.4, -0.2) is 15.7 Å². The predicted molar refractivity (Wildman–Crippen MR) is 67.7 cm³/mol. The van der Waals surface area contributed by atoms with Crippen LogP contribution in [-0.2, 0) is 6.42 Å². The highest BCUT2D eigenvalue weighted by molar-refractivity contribution is 7.09. The number of aliphatic hydroxyl groups is 1. The predicted octanol–water partition coefficient (Wildman–Crippen LogP) is 3.18. The molecule has 2 nitrogen and oxygen atoms in total. The minimum atomic E-state index is -0.508. The van der Waals surface area contributed by atoms with E-state index in [1.165, 1.54) is 0 Å². The van der Waals surface area contributed by atoms with E-state index in [-0.39, 0.29) is 0 Å². The molecule has 0 radical (unpaired) electrons. The van der Waals surface area contributed by atoms with Gasteiger partial charge in [-0.25, -0.2) is 4.98 Å². The molecule has 1 aromatic rings. The Kier molecular flexibility index (Phi) is 3.36. The molecule has 1 fully saturated rings.